The Morgan fingerprint density at radius 1 is 1.06 bits per heavy atom. The lowest BCUT2D eigenvalue weighted by molar-refractivity contribution is -0.384. The lowest BCUT2D eigenvalue weighted by atomic mass is 10.1. The second-order valence-corrected chi connectivity index (χ2v) is 7.14. The van der Waals surface area contributed by atoms with E-state index in [1.165, 1.54) is 13.3 Å². The summed E-state index contributed by atoms with van der Waals surface area (Å²) in [5.41, 5.74) is 2.26. The summed E-state index contributed by atoms with van der Waals surface area (Å²) in [6.07, 6.45) is 1.22. The van der Waals surface area contributed by atoms with Crippen molar-refractivity contribution in [3.05, 3.63) is 93.6 Å². The molecule has 1 heterocycles. The first-order valence-corrected chi connectivity index (χ1v) is 9.77. The monoisotopic (exact) mass is 435 g/mol. The van der Waals surface area contributed by atoms with Crippen molar-refractivity contribution >= 4 is 39.6 Å². The topological polar surface area (TPSA) is 86.5 Å². The highest BCUT2D eigenvalue weighted by Crippen LogP contribution is 2.40. The third-order valence-electron chi connectivity index (χ3n) is 4.66. The number of nitro groups is 1. The number of anilines is 2. The zero-order chi connectivity index (χ0) is 21.8. The molecule has 0 saturated heterocycles. The van der Waals surface area contributed by atoms with Gasteiger partial charge in [-0.15, -0.1) is 0 Å². The van der Waals surface area contributed by atoms with Gasteiger partial charge in [0.2, 0.25) is 0 Å². The highest BCUT2D eigenvalue weighted by Gasteiger charge is 2.21. The van der Waals surface area contributed by atoms with E-state index in [9.17, 15) is 10.1 Å². The Morgan fingerprint density at radius 2 is 1.87 bits per heavy atom. The quantitative estimate of drug-likeness (QED) is 0.277. The molecule has 0 aliphatic heterocycles. The number of ether oxygens (including phenoxy) is 2. The number of nitrogens with one attached hydrogen (secondary N) is 1. The molecule has 4 rings (SSSR count). The average Bonchev–Trinajstić information content (AvgIpc) is 2.78. The van der Waals surface area contributed by atoms with Crippen LogP contribution in [0.2, 0.25) is 5.02 Å². The number of methoxy groups -OCH3 is 1. The van der Waals surface area contributed by atoms with Crippen LogP contribution >= 0.6 is 11.6 Å². The minimum atomic E-state index is -0.478. The smallest absolute Gasteiger partial charge is 0.311 e. The Morgan fingerprint density at radius 3 is 2.58 bits per heavy atom. The van der Waals surface area contributed by atoms with Gasteiger partial charge in [-0.25, -0.2) is 4.98 Å². The van der Waals surface area contributed by atoms with Crippen LogP contribution in [0.25, 0.3) is 10.9 Å². The summed E-state index contributed by atoms with van der Waals surface area (Å²) in [6.45, 7) is 0.322. The summed E-state index contributed by atoms with van der Waals surface area (Å²) in [6, 6.07) is 20.0. The van der Waals surface area contributed by atoms with Gasteiger partial charge in [0.05, 0.1) is 17.5 Å². The van der Waals surface area contributed by atoms with E-state index in [-0.39, 0.29) is 5.69 Å². The molecule has 0 aliphatic carbocycles. The Labute approximate surface area is 183 Å². The van der Waals surface area contributed by atoms with Gasteiger partial charge in [0.15, 0.2) is 11.5 Å². The van der Waals surface area contributed by atoms with Crippen LogP contribution in [0, 0.1) is 10.1 Å². The SMILES string of the molecule is COc1cc2ncc([N+](=O)[O-])c(Nc3cccc(Cl)c3)c2cc1OCc1ccccc1. The number of hydrogen-bond donors (Lipinski definition) is 1. The first-order valence-electron chi connectivity index (χ1n) is 9.39. The molecule has 0 saturated carbocycles. The fourth-order valence-electron chi connectivity index (χ4n) is 3.18. The molecule has 156 valence electrons. The number of aromatic nitrogens is 1. The number of halogens is 1. The maximum Gasteiger partial charge on any atom is 0.311 e. The van der Waals surface area contributed by atoms with Gasteiger partial charge in [-0.05, 0) is 29.8 Å². The van der Waals surface area contributed by atoms with Crippen LogP contribution in [0.3, 0.4) is 0 Å². The number of rotatable bonds is 7. The highest BCUT2D eigenvalue weighted by molar-refractivity contribution is 6.30. The molecule has 0 spiro atoms. The summed E-state index contributed by atoms with van der Waals surface area (Å²) in [4.78, 5) is 15.5. The maximum atomic E-state index is 11.7. The van der Waals surface area contributed by atoms with Crippen molar-refractivity contribution in [3.8, 4) is 11.5 Å². The summed E-state index contributed by atoms with van der Waals surface area (Å²) < 4.78 is 11.4. The normalized spacial score (nSPS) is 10.6. The van der Waals surface area contributed by atoms with Gasteiger partial charge in [-0.1, -0.05) is 48.0 Å². The largest absolute Gasteiger partial charge is 0.493 e. The van der Waals surface area contributed by atoms with Crippen molar-refractivity contribution in [1.29, 1.82) is 0 Å². The van der Waals surface area contributed by atoms with Crippen LogP contribution in [0.15, 0.2) is 72.9 Å². The first kappa shape index (κ1) is 20.4. The molecule has 3 aromatic carbocycles. The van der Waals surface area contributed by atoms with Crippen molar-refractivity contribution in [2.75, 3.05) is 12.4 Å². The second-order valence-electron chi connectivity index (χ2n) is 6.71. The molecule has 1 aromatic heterocycles. The summed E-state index contributed by atoms with van der Waals surface area (Å²) in [7, 11) is 1.53. The number of fused-ring (bicyclic) bond motifs is 1. The zero-order valence-corrected chi connectivity index (χ0v) is 17.3. The van der Waals surface area contributed by atoms with E-state index in [0.717, 1.165) is 5.56 Å². The Balaban J connectivity index is 1.81. The molecule has 31 heavy (non-hydrogen) atoms. The van der Waals surface area contributed by atoms with Crippen LogP contribution < -0.4 is 14.8 Å². The van der Waals surface area contributed by atoms with E-state index in [4.69, 9.17) is 21.1 Å². The Hall–Kier alpha value is -3.84. The average molecular weight is 436 g/mol. The zero-order valence-electron chi connectivity index (χ0n) is 16.5. The Kier molecular flexibility index (Phi) is 5.86. The van der Waals surface area contributed by atoms with Gasteiger partial charge in [0, 0.05) is 22.2 Å². The molecule has 8 heteroatoms. The summed E-state index contributed by atoms with van der Waals surface area (Å²) in [5, 5.41) is 15.8. The fraction of sp³-hybridized carbons (Fsp3) is 0.0870. The van der Waals surface area contributed by atoms with Crippen molar-refractivity contribution < 1.29 is 14.4 Å². The molecule has 7 nitrogen and oxygen atoms in total. The molecular formula is C23H18ClN3O4. The third kappa shape index (κ3) is 4.51. The van der Waals surface area contributed by atoms with Gasteiger partial charge in [-0.3, -0.25) is 10.1 Å². The van der Waals surface area contributed by atoms with Crippen molar-refractivity contribution in [1.82, 2.24) is 4.98 Å². The molecule has 0 atom stereocenters. The van der Waals surface area contributed by atoms with Gasteiger partial charge in [0.25, 0.3) is 0 Å². The molecule has 0 unspecified atom stereocenters. The second kappa shape index (κ2) is 8.89. The standard InChI is InChI=1S/C23H18ClN3O4/c1-30-21-12-19-18(11-22(21)31-14-15-6-3-2-4-7-15)23(20(13-25-19)27(28)29)26-17-9-5-8-16(24)10-17/h2-13H,14H2,1H3,(H,25,26). The lowest BCUT2D eigenvalue weighted by Crippen LogP contribution is -2.02. The molecule has 1 N–H and O–H groups in total. The molecule has 0 amide bonds. The van der Waals surface area contributed by atoms with E-state index in [0.29, 0.717) is 45.4 Å². The first-order chi connectivity index (χ1) is 15.0. The van der Waals surface area contributed by atoms with Crippen molar-refractivity contribution in [2.45, 2.75) is 6.61 Å². The number of pyridine rings is 1. The number of hydrogen-bond acceptors (Lipinski definition) is 6. The van der Waals surface area contributed by atoms with Crippen LogP contribution in [-0.4, -0.2) is 17.0 Å². The fourth-order valence-corrected chi connectivity index (χ4v) is 3.37. The number of nitrogens with zero attached hydrogens (tertiary/aromatic N) is 2. The molecule has 0 fully saturated rings. The number of benzene rings is 3. The van der Waals surface area contributed by atoms with E-state index in [1.54, 1.807) is 36.4 Å². The van der Waals surface area contributed by atoms with Crippen LogP contribution in [0.4, 0.5) is 17.1 Å². The van der Waals surface area contributed by atoms with Crippen molar-refractivity contribution in [2.24, 2.45) is 0 Å². The van der Waals surface area contributed by atoms with E-state index >= 15 is 0 Å². The molecule has 0 bridgehead atoms. The van der Waals surface area contributed by atoms with Crippen LogP contribution in [0.1, 0.15) is 5.56 Å². The minimum absolute atomic E-state index is 0.161. The van der Waals surface area contributed by atoms with E-state index in [1.807, 2.05) is 30.3 Å². The van der Waals surface area contributed by atoms with Gasteiger partial charge in [0.1, 0.15) is 18.5 Å². The highest BCUT2D eigenvalue weighted by atomic mass is 35.5. The molecule has 4 aromatic rings. The third-order valence-corrected chi connectivity index (χ3v) is 4.90. The van der Waals surface area contributed by atoms with Crippen molar-refractivity contribution in [3.63, 3.8) is 0 Å². The molecule has 0 aliphatic rings. The van der Waals surface area contributed by atoms with Gasteiger partial charge in [-0.2, -0.15) is 0 Å². The predicted octanol–water partition coefficient (Wildman–Crippen LogP) is 6.13. The van der Waals surface area contributed by atoms with Gasteiger partial charge >= 0.3 is 5.69 Å². The van der Waals surface area contributed by atoms with Crippen LogP contribution in [0.5, 0.6) is 11.5 Å². The van der Waals surface area contributed by atoms with Gasteiger partial charge < -0.3 is 14.8 Å². The molecule has 0 radical (unpaired) electrons. The molecular weight excluding hydrogens is 418 g/mol. The summed E-state index contributed by atoms with van der Waals surface area (Å²) >= 11 is 6.07. The van der Waals surface area contributed by atoms with E-state index < -0.39 is 4.92 Å². The Bertz CT molecular complexity index is 1250. The minimum Gasteiger partial charge on any atom is -0.493 e. The summed E-state index contributed by atoms with van der Waals surface area (Å²) in [5.74, 6) is 0.939. The maximum absolute atomic E-state index is 11.7. The predicted molar refractivity (Wildman–Crippen MR) is 120 cm³/mol. The van der Waals surface area contributed by atoms with E-state index in [2.05, 4.69) is 10.3 Å². The lowest BCUT2D eigenvalue weighted by Gasteiger charge is -2.15. The van der Waals surface area contributed by atoms with Crippen LogP contribution in [-0.2, 0) is 6.61 Å².